The van der Waals surface area contributed by atoms with Gasteiger partial charge in [-0.1, -0.05) is 30.3 Å². The van der Waals surface area contributed by atoms with E-state index < -0.39 is 45.9 Å². The SMILES string of the molecule is CN(C)S(=O)(=O)c1cccc(C(=O)NNC(=O)CN2C(=O)NC3(CCCc4ccccc43)C2=O)c1. The lowest BCUT2D eigenvalue weighted by atomic mass is 9.76. The number of urea groups is 1. The summed E-state index contributed by atoms with van der Waals surface area (Å²) in [5.74, 6) is -2.07. The van der Waals surface area contributed by atoms with Crippen LogP contribution in [0.15, 0.2) is 53.4 Å². The van der Waals surface area contributed by atoms with E-state index in [1.54, 1.807) is 12.1 Å². The highest BCUT2D eigenvalue weighted by Gasteiger charge is 2.54. The van der Waals surface area contributed by atoms with Crippen LogP contribution in [0.25, 0.3) is 0 Å². The van der Waals surface area contributed by atoms with Crippen molar-refractivity contribution in [1.29, 1.82) is 0 Å². The average Bonchev–Trinajstić information content (AvgIpc) is 3.07. The molecule has 184 valence electrons. The number of nitrogens with zero attached hydrogens (tertiary/aromatic N) is 2. The van der Waals surface area contributed by atoms with Gasteiger partial charge in [0, 0.05) is 19.7 Å². The summed E-state index contributed by atoms with van der Waals surface area (Å²) in [6.45, 7) is -0.593. The first kappa shape index (κ1) is 24.4. The standard InChI is InChI=1S/C23H25N5O6S/c1-27(2)35(33,34)17-10-5-8-16(13-17)20(30)26-25-19(29)14-28-21(31)23(24-22(28)32)12-6-9-15-7-3-4-11-18(15)23/h3-5,7-8,10-11,13H,6,9,12,14H2,1-2H3,(H,24,32)(H,25,29)(H,26,30). The van der Waals surface area contributed by atoms with E-state index in [9.17, 15) is 27.6 Å². The summed E-state index contributed by atoms with van der Waals surface area (Å²) < 4.78 is 25.6. The van der Waals surface area contributed by atoms with Crippen LogP contribution < -0.4 is 16.2 Å². The van der Waals surface area contributed by atoms with Crippen LogP contribution in [-0.4, -0.2) is 62.0 Å². The average molecular weight is 500 g/mol. The number of hydrogen-bond donors (Lipinski definition) is 3. The van der Waals surface area contributed by atoms with Crippen LogP contribution in [-0.2, 0) is 31.6 Å². The number of fused-ring (bicyclic) bond motifs is 2. The summed E-state index contributed by atoms with van der Waals surface area (Å²) in [4.78, 5) is 51.5. The van der Waals surface area contributed by atoms with Gasteiger partial charge < -0.3 is 5.32 Å². The molecule has 2 aliphatic rings. The third-order valence-corrected chi connectivity index (χ3v) is 7.95. The van der Waals surface area contributed by atoms with Crippen LogP contribution >= 0.6 is 0 Å². The molecule has 35 heavy (non-hydrogen) atoms. The van der Waals surface area contributed by atoms with E-state index in [4.69, 9.17) is 0 Å². The molecule has 12 heteroatoms. The van der Waals surface area contributed by atoms with Gasteiger partial charge in [-0.25, -0.2) is 17.5 Å². The number of rotatable bonds is 5. The van der Waals surface area contributed by atoms with Crippen molar-refractivity contribution in [3.05, 3.63) is 65.2 Å². The second kappa shape index (κ2) is 9.12. The van der Waals surface area contributed by atoms with Crippen LogP contribution in [0.2, 0.25) is 0 Å². The molecule has 1 fully saturated rings. The molecule has 1 spiro atoms. The first-order chi connectivity index (χ1) is 16.6. The molecule has 1 atom stereocenters. The molecule has 1 aliphatic carbocycles. The molecule has 0 aromatic heterocycles. The third-order valence-electron chi connectivity index (χ3n) is 6.14. The Morgan fingerprint density at radius 2 is 1.83 bits per heavy atom. The number of hydrogen-bond acceptors (Lipinski definition) is 6. The predicted octanol–water partition coefficient (Wildman–Crippen LogP) is 0.482. The maximum Gasteiger partial charge on any atom is 0.325 e. The molecule has 11 nitrogen and oxygen atoms in total. The summed E-state index contributed by atoms with van der Waals surface area (Å²) in [5, 5.41) is 2.76. The largest absolute Gasteiger partial charge is 0.325 e. The smallest absolute Gasteiger partial charge is 0.319 e. The highest BCUT2D eigenvalue weighted by atomic mass is 32.2. The van der Waals surface area contributed by atoms with Crippen molar-refractivity contribution in [2.75, 3.05) is 20.6 Å². The molecule has 5 amide bonds. The van der Waals surface area contributed by atoms with E-state index in [1.807, 2.05) is 12.1 Å². The summed E-state index contributed by atoms with van der Waals surface area (Å²) in [7, 11) is -1.01. The number of carbonyl (C=O) groups excluding carboxylic acids is 4. The summed E-state index contributed by atoms with van der Waals surface area (Å²) in [5.41, 5.74) is 4.86. The second-order valence-corrected chi connectivity index (χ2v) is 10.7. The second-order valence-electron chi connectivity index (χ2n) is 8.56. The molecule has 0 bridgehead atoms. The van der Waals surface area contributed by atoms with Crippen molar-refractivity contribution in [1.82, 2.24) is 25.4 Å². The fraction of sp³-hybridized carbons (Fsp3) is 0.304. The van der Waals surface area contributed by atoms with Crippen LogP contribution in [0, 0.1) is 0 Å². The van der Waals surface area contributed by atoms with Crippen molar-refractivity contribution in [2.24, 2.45) is 0 Å². The van der Waals surface area contributed by atoms with Crippen LogP contribution in [0.3, 0.4) is 0 Å². The van der Waals surface area contributed by atoms with E-state index in [0.717, 1.165) is 26.8 Å². The van der Waals surface area contributed by atoms with E-state index in [2.05, 4.69) is 16.2 Å². The summed E-state index contributed by atoms with van der Waals surface area (Å²) in [6, 6.07) is 12.0. The van der Waals surface area contributed by atoms with Gasteiger partial charge in [-0.05, 0) is 48.6 Å². The fourth-order valence-electron chi connectivity index (χ4n) is 4.35. The Labute approximate surface area is 202 Å². The lowest BCUT2D eigenvalue weighted by Crippen LogP contribution is -2.49. The van der Waals surface area contributed by atoms with Gasteiger partial charge in [0.1, 0.15) is 12.1 Å². The quantitative estimate of drug-likeness (QED) is 0.403. The summed E-state index contributed by atoms with van der Waals surface area (Å²) >= 11 is 0. The number of benzene rings is 2. The first-order valence-corrected chi connectivity index (χ1v) is 12.3. The van der Waals surface area contributed by atoms with Crippen LogP contribution in [0.4, 0.5) is 4.79 Å². The predicted molar refractivity (Wildman–Crippen MR) is 124 cm³/mol. The Morgan fingerprint density at radius 3 is 2.57 bits per heavy atom. The van der Waals surface area contributed by atoms with Gasteiger partial charge in [0.2, 0.25) is 10.0 Å². The molecular weight excluding hydrogens is 474 g/mol. The van der Waals surface area contributed by atoms with E-state index >= 15 is 0 Å². The minimum atomic E-state index is -3.75. The van der Waals surface area contributed by atoms with Crippen molar-refractivity contribution < 1.29 is 27.6 Å². The normalized spacial score (nSPS) is 19.5. The molecule has 1 saturated heterocycles. The number of imide groups is 1. The number of hydrazine groups is 1. The first-order valence-electron chi connectivity index (χ1n) is 10.9. The molecule has 0 saturated carbocycles. The zero-order chi connectivity index (χ0) is 25.4. The van der Waals surface area contributed by atoms with E-state index in [-0.39, 0.29) is 10.5 Å². The van der Waals surface area contributed by atoms with Crippen molar-refractivity contribution in [3.63, 3.8) is 0 Å². The highest BCUT2D eigenvalue weighted by molar-refractivity contribution is 7.89. The molecule has 1 heterocycles. The van der Waals surface area contributed by atoms with Gasteiger partial charge in [0.05, 0.1) is 4.90 Å². The van der Waals surface area contributed by atoms with Gasteiger partial charge in [-0.2, -0.15) is 0 Å². The Bertz CT molecular complexity index is 1330. The zero-order valence-electron chi connectivity index (χ0n) is 19.2. The van der Waals surface area contributed by atoms with Crippen molar-refractivity contribution in [3.8, 4) is 0 Å². The number of sulfonamides is 1. The van der Waals surface area contributed by atoms with Gasteiger partial charge >= 0.3 is 6.03 Å². The Hall–Kier alpha value is -3.77. The van der Waals surface area contributed by atoms with Crippen molar-refractivity contribution in [2.45, 2.75) is 29.7 Å². The lowest BCUT2D eigenvalue weighted by Gasteiger charge is -2.33. The van der Waals surface area contributed by atoms with Crippen molar-refractivity contribution >= 4 is 33.8 Å². The molecule has 2 aromatic rings. The van der Waals surface area contributed by atoms with E-state index in [1.165, 1.54) is 38.4 Å². The number of nitrogens with one attached hydrogen (secondary N) is 3. The Kier molecular flexibility index (Phi) is 6.34. The highest BCUT2D eigenvalue weighted by Crippen LogP contribution is 2.39. The maximum absolute atomic E-state index is 13.3. The molecule has 2 aromatic carbocycles. The third kappa shape index (κ3) is 4.37. The maximum atomic E-state index is 13.3. The Balaban J connectivity index is 1.42. The summed E-state index contributed by atoms with van der Waals surface area (Å²) in [6.07, 6.45) is 1.93. The van der Waals surface area contributed by atoms with Gasteiger partial charge in [0.15, 0.2) is 0 Å². The fourth-order valence-corrected chi connectivity index (χ4v) is 5.29. The van der Waals surface area contributed by atoms with Gasteiger partial charge in [0.25, 0.3) is 17.7 Å². The van der Waals surface area contributed by atoms with Gasteiger partial charge in [-0.3, -0.25) is 30.1 Å². The zero-order valence-corrected chi connectivity index (χ0v) is 20.0. The lowest BCUT2D eigenvalue weighted by molar-refractivity contribution is -0.135. The molecule has 3 N–H and O–H groups in total. The molecule has 4 rings (SSSR count). The van der Waals surface area contributed by atoms with Crippen LogP contribution in [0.5, 0.6) is 0 Å². The molecule has 1 aliphatic heterocycles. The molecule has 0 radical (unpaired) electrons. The van der Waals surface area contributed by atoms with Gasteiger partial charge in [-0.15, -0.1) is 0 Å². The number of amides is 5. The molecular formula is C23H25N5O6S. The topological polar surface area (TPSA) is 145 Å². The number of carbonyl (C=O) groups is 4. The van der Waals surface area contributed by atoms with Crippen LogP contribution in [0.1, 0.15) is 34.3 Å². The van der Waals surface area contributed by atoms with E-state index in [0.29, 0.717) is 12.8 Å². The minimum Gasteiger partial charge on any atom is -0.319 e. The number of aryl methyl sites for hydroxylation is 1. The minimum absolute atomic E-state index is 0.000910. The Morgan fingerprint density at radius 1 is 1.09 bits per heavy atom. The molecule has 1 unspecified atom stereocenters. The monoisotopic (exact) mass is 499 g/mol.